The first-order chi connectivity index (χ1) is 11.8. The van der Waals surface area contributed by atoms with Gasteiger partial charge in [0.05, 0.1) is 6.61 Å². The van der Waals surface area contributed by atoms with Crippen LogP contribution in [0.3, 0.4) is 0 Å². The average Bonchev–Trinajstić information content (AvgIpc) is 2.94. The van der Waals surface area contributed by atoms with Gasteiger partial charge in [0.25, 0.3) is 0 Å². The number of rotatable bonds is 4. The van der Waals surface area contributed by atoms with Gasteiger partial charge in [-0.25, -0.2) is 0 Å². The summed E-state index contributed by atoms with van der Waals surface area (Å²) in [5.74, 6) is 1.28. The van der Waals surface area contributed by atoms with Gasteiger partial charge in [-0.2, -0.15) is 0 Å². The molecule has 0 aromatic heterocycles. The van der Waals surface area contributed by atoms with Crippen LogP contribution in [0.2, 0.25) is 0 Å². The van der Waals surface area contributed by atoms with Crippen LogP contribution < -0.4 is 9.64 Å². The molecule has 0 aliphatic carbocycles. The summed E-state index contributed by atoms with van der Waals surface area (Å²) in [6, 6.07) is 16.4. The molecule has 1 amide bonds. The van der Waals surface area contributed by atoms with E-state index in [0.717, 1.165) is 18.0 Å². The predicted octanol–water partition coefficient (Wildman–Crippen LogP) is 4.72. The predicted molar refractivity (Wildman–Crippen MR) is 102 cm³/mol. The largest absolute Gasteiger partial charge is 0.493 e. The molecule has 2 aromatic rings. The molecule has 1 fully saturated rings. The van der Waals surface area contributed by atoms with Gasteiger partial charge >= 0.3 is 0 Å². The number of amides is 1. The van der Waals surface area contributed by atoms with E-state index >= 15 is 0 Å². The van der Waals surface area contributed by atoms with Crippen LogP contribution in [-0.4, -0.2) is 19.1 Å². The normalized spacial score (nSPS) is 17.8. The number of anilines is 1. The number of benzene rings is 2. The molecule has 0 radical (unpaired) electrons. The standard InChI is InChI=1S/C22H27NO2/c1-16-5-11-20(12-6-16)25-15-17-13-21(24)23(14-17)19-9-7-18(8-10-19)22(2,3)4/h5-12,17H,13-15H2,1-4H3. The Hall–Kier alpha value is -2.29. The van der Waals surface area contributed by atoms with Gasteiger partial charge in [0.2, 0.25) is 5.91 Å². The fourth-order valence-corrected chi connectivity index (χ4v) is 3.13. The summed E-state index contributed by atoms with van der Waals surface area (Å²) in [7, 11) is 0. The molecular formula is C22H27NO2. The number of carbonyl (C=O) groups excluding carboxylic acids is 1. The second kappa shape index (κ2) is 6.91. The summed E-state index contributed by atoms with van der Waals surface area (Å²) >= 11 is 0. The van der Waals surface area contributed by atoms with Gasteiger partial charge < -0.3 is 9.64 Å². The van der Waals surface area contributed by atoms with E-state index in [1.165, 1.54) is 11.1 Å². The lowest BCUT2D eigenvalue weighted by atomic mass is 9.87. The first-order valence-electron chi connectivity index (χ1n) is 8.93. The van der Waals surface area contributed by atoms with Gasteiger partial charge in [-0.1, -0.05) is 50.6 Å². The Kier molecular flexibility index (Phi) is 4.85. The maximum atomic E-state index is 12.4. The van der Waals surface area contributed by atoms with Gasteiger partial charge in [0.15, 0.2) is 0 Å². The lowest BCUT2D eigenvalue weighted by Crippen LogP contribution is -2.25. The molecule has 1 aliphatic heterocycles. The van der Waals surface area contributed by atoms with Crippen molar-refractivity contribution in [3.05, 3.63) is 59.7 Å². The molecule has 1 saturated heterocycles. The van der Waals surface area contributed by atoms with Gasteiger partial charge in [-0.3, -0.25) is 4.79 Å². The summed E-state index contributed by atoms with van der Waals surface area (Å²) < 4.78 is 5.86. The van der Waals surface area contributed by atoms with E-state index in [4.69, 9.17) is 4.74 Å². The molecule has 3 nitrogen and oxygen atoms in total. The van der Waals surface area contributed by atoms with Crippen LogP contribution in [0, 0.1) is 12.8 Å². The number of hydrogen-bond acceptors (Lipinski definition) is 2. The smallest absolute Gasteiger partial charge is 0.227 e. The number of ether oxygens (including phenoxy) is 1. The minimum absolute atomic E-state index is 0.123. The van der Waals surface area contributed by atoms with Gasteiger partial charge in [0, 0.05) is 24.6 Å². The molecule has 0 spiro atoms. The van der Waals surface area contributed by atoms with E-state index in [0.29, 0.717) is 13.0 Å². The maximum Gasteiger partial charge on any atom is 0.227 e. The molecule has 3 rings (SSSR count). The summed E-state index contributed by atoms with van der Waals surface area (Å²) in [6.45, 7) is 9.94. The molecule has 0 saturated carbocycles. The average molecular weight is 337 g/mol. The third-order valence-electron chi connectivity index (χ3n) is 4.76. The fourth-order valence-electron chi connectivity index (χ4n) is 3.13. The summed E-state index contributed by atoms with van der Waals surface area (Å²) in [6.07, 6.45) is 0.548. The number of carbonyl (C=O) groups is 1. The zero-order valence-corrected chi connectivity index (χ0v) is 15.6. The first kappa shape index (κ1) is 17.5. The lowest BCUT2D eigenvalue weighted by Gasteiger charge is -2.21. The van der Waals surface area contributed by atoms with Crippen molar-refractivity contribution in [2.75, 3.05) is 18.1 Å². The van der Waals surface area contributed by atoms with E-state index in [9.17, 15) is 4.79 Å². The molecule has 1 aliphatic rings. The minimum atomic E-state index is 0.123. The maximum absolute atomic E-state index is 12.4. The number of hydrogen-bond donors (Lipinski definition) is 0. The van der Waals surface area contributed by atoms with Crippen LogP contribution in [0.1, 0.15) is 38.3 Å². The van der Waals surface area contributed by atoms with Crippen molar-refractivity contribution in [1.82, 2.24) is 0 Å². The minimum Gasteiger partial charge on any atom is -0.493 e. The fraction of sp³-hybridized carbons (Fsp3) is 0.409. The second-order valence-electron chi connectivity index (χ2n) is 8.00. The Morgan fingerprint density at radius 3 is 2.28 bits per heavy atom. The Morgan fingerprint density at radius 1 is 1.04 bits per heavy atom. The third kappa shape index (κ3) is 4.22. The summed E-state index contributed by atoms with van der Waals surface area (Å²) in [5.41, 5.74) is 3.60. The second-order valence-corrected chi connectivity index (χ2v) is 8.00. The van der Waals surface area contributed by atoms with Crippen molar-refractivity contribution in [2.24, 2.45) is 5.92 Å². The molecule has 1 heterocycles. The van der Waals surface area contributed by atoms with Crippen LogP contribution in [0.15, 0.2) is 48.5 Å². The molecule has 3 heteroatoms. The van der Waals surface area contributed by atoms with Crippen molar-refractivity contribution < 1.29 is 9.53 Å². The zero-order valence-electron chi connectivity index (χ0n) is 15.6. The van der Waals surface area contributed by atoms with E-state index in [-0.39, 0.29) is 17.2 Å². The van der Waals surface area contributed by atoms with Gasteiger partial charge in [-0.05, 0) is 42.2 Å². The van der Waals surface area contributed by atoms with Crippen LogP contribution in [0.5, 0.6) is 5.75 Å². The van der Waals surface area contributed by atoms with Crippen LogP contribution >= 0.6 is 0 Å². The van der Waals surface area contributed by atoms with Crippen molar-refractivity contribution >= 4 is 11.6 Å². The first-order valence-corrected chi connectivity index (χ1v) is 8.93. The van der Waals surface area contributed by atoms with Gasteiger partial charge in [-0.15, -0.1) is 0 Å². The molecule has 2 aromatic carbocycles. The molecule has 132 valence electrons. The molecule has 25 heavy (non-hydrogen) atoms. The van der Waals surface area contributed by atoms with Crippen molar-refractivity contribution in [3.63, 3.8) is 0 Å². The monoisotopic (exact) mass is 337 g/mol. The van der Waals surface area contributed by atoms with E-state index in [2.05, 4.69) is 52.0 Å². The molecule has 0 N–H and O–H groups in total. The highest BCUT2D eigenvalue weighted by Crippen LogP contribution is 2.29. The SMILES string of the molecule is Cc1ccc(OCC2CC(=O)N(c3ccc(C(C)(C)C)cc3)C2)cc1. The van der Waals surface area contributed by atoms with Gasteiger partial charge in [0.1, 0.15) is 5.75 Å². The van der Waals surface area contributed by atoms with Crippen molar-refractivity contribution in [1.29, 1.82) is 0 Å². The number of nitrogens with zero attached hydrogens (tertiary/aromatic N) is 1. The van der Waals surface area contributed by atoms with Crippen molar-refractivity contribution in [3.8, 4) is 5.75 Å². The summed E-state index contributed by atoms with van der Waals surface area (Å²) in [5, 5.41) is 0. The summed E-state index contributed by atoms with van der Waals surface area (Å²) in [4.78, 5) is 14.3. The highest BCUT2D eigenvalue weighted by Gasteiger charge is 2.31. The Balaban J connectivity index is 1.61. The Labute approximate surface area is 150 Å². The molecule has 0 bridgehead atoms. The van der Waals surface area contributed by atoms with Crippen LogP contribution in [0.4, 0.5) is 5.69 Å². The topological polar surface area (TPSA) is 29.5 Å². The number of aryl methyl sites for hydroxylation is 1. The quantitative estimate of drug-likeness (QED) is 0.807. The molecular weight excluding hydrogens is 310 g/mol. The highest BCUT2D eigenvalue weighted by atomic mass is 16.5. The van der Waals surface area contributed by atoms with E-state index < -0.39 is 0 Å². The molecule has 1 unspecified atom stereocenters. The van der Waals surface area contributed by atoms with Crippen LogP contribution in [0.25, 0.3) is 0 Å². The lowest BCUT2D eigenvalue weighted by molar-refractivity contribution is -0.117. The third-order valence-corrected chi connectivity index (χ3v) is 4.76. The van der Waals surface area contributed by atoms with E-state index in [1.54, 1.807) is 0 Å². The highest BCUT2D eigenvalue weighted by molar-refractivity contribution is 5.95. The van der Waals surface area contributed by atoms with E-state index in [1.807, 2.05) is 29.2 Å². The Bertz CT molecular complexity index is 726. The van der Waals surface area contributed by atoms with Crippen molar-refractivity contribution in [2.45, 2.75) is 39.5 Å². The van der Waals surface area contributed by atoms with Crippen LogP contribution in [-0.2, 0) is 10.2 Å². The molecule has 1 atom stereocenters. The zero-order chi connectivity index (χ0) is 18.0. The Morgan fingerprint density at radius 2 is 1.68 bits per heavy atom.